The quantitative estimate of drug-likeness (QED) is 0.902. The summed E-state index contributed by atoms with van der Waals surface area (Å²) in [5, 5.41) is 7.18. The normalized spacial score (nSPS) is 17.3. The van der Waals surface area contributed by atoms with Crippen molar-refractivity contribution in [1.82, 2.24) is 20.0 Å². The first-order chi connectivity index (χ1) is 12.1. The van der Waals surface area contributed by atoms with Crippen molar-refractivity contribution in [3.8, 4) is 0 Å². The number of amides is 2. The van der Waals surface area contributed by atoms with Crippen LogP contribution < -0.4 is 5.32 Å². The number of nitrogens with zero attached hydrogens (tertiary/aromatic N) is 3. The molecule has 1 atom stereocenters. The fourth-order valence-electron chi connectivity index (χ4n) is 3.23. The van der Waals surface area contributed by atoms with Crippen molar-refractivity contribution >= 4 is 11.8 Å². The van der Waals surface area contributed by atoms with Crippen LogP contribution in [0.5, 0.6) is 0 Å². The lowest BCUT2D eigenvalue weighted by Crippen LogP contribution is -2.49. The number of likely N-dealkylation sites (tertiary alicyclic amines) is 1. The molecule has 2 heterocycles. The zero-order chi connectivity index (χ0) is 17.6. The Bertz CT molecular complexity index is 726. The molecule has 0 spiro atoms. The molecular formula is C19H24N4O2. The van der Waals surface area contributed by atoms with E-state index in [1.54, 1.807) is 10.9 Å². The Labute approximate surface area is 147 Å². The molecule has 3 rings (SSSR count). The van der Waals surface area contributed by atoms with E-state index in [2.05, 4.69) is 10.4 Å². The minimum Gasteiger partial charge on any atom is -0.352 e. The van der Waals surface area contributed by atoms with Gasteiger partial charge >= 0.3 is 0 Å². The maximum Gasteiger partial charge on any atom is 0.253 e. The topological polar surface area (TPSA) is 67.2 Å². The summed E-state index contributed by atoms with van der Waals surface area (Å²) in [6.07, 6.45) is 4.66. The number of nitrogens with one attached hydrogen (secondary N) is 1. The van der Waals surface area contributed by atoms with Crippen molar-refractivity contribution in [1.29, 1.82) is 0 Å². The maximum atomic E-state index is 12.6. The lowest BCUT2D eigenvalue weighted by molar-refractivity contribution is -0.122. The Hall–Kier alpha value is -2.63. The minimum absolute atomic E-state index is 0.0280. The van der Waals surface area contributed by atoms with Gasteiger partial charge in [0.15, 0.2) is 0 Å². The second-order valence-electron chi connectivity index (χ2n) is 6.47. The third-order valence-electron chi connectivity index (χ3n) is 4.63. The zero-order valence-electron chi connectivity index (χ0n) is 14.5. The van der Waals surface area contributed by atoms with Crippen LogP contribution >= 0.6 is 0 Å². The van der Waals surface area contributed by atoms with Crippen molar-refractivity contribution in [3.63, 3.8) is 0 Å². The number of benzene rings is 1. The van der Waals surface area contributed by atoms with Crippen LogP contribution in [0.4, 0.5) is 0 Å². The molecule has 1 aliphatic rings. The molecular weight excluding hydrogens is 316 g/mol. The molecule has 1 fully saturated rings. The van der Waals surface area contributed by atoms with Crippen molar-refractivity contribution in [2.45, 2.75) is 31.7 Å². The number of hydrogen-bond donors (Lipinski definition) is 1. The molecule has 0 unspecified atom stereocenters. The Morgan fingerprint density at radius 2 is 2.04 bits per heavy atom. The Kier molecular flexibility index (Phi) is 5.48. The second-order valence-corrected chi connectivity index (χ2v) is 6.47. The summed E-state index contributed by atoms with van der Waals surface area (Å²) < 4.78 is 1.79. The minimum atomic E-state index is 0.0280. The summed E-state index contributed by atoms with van der Waals surface area (Å²) in [6.45, 7) is 1.32. The molecule has 6 heteroatoms. The van der Waals surface area contributed by atoms with E-state index in [1.165, 1.54) is 0 Å². The SMILES string of the molecule is Cn1nccc1CCC(=O)N[C@@H]1CCCN(C(=O)c2ccccc2)C1. The van der Waals surface area contributed by atoms with Crippen molar-refractivity contribution in [2.75, 3.05) is 13.1 Å². The summed E-state index contributed by atoms with van der Waals surface area (Å²) in [7, 11) is 1.88. The largest absolute Gasteiger partial charge is 0.352 e. The van der Waals surface area contributed by atoms with Gasteiger partial charge in [0.25, 0.3) is 5.91 Å². The summed E-state index contributed by atoms with van der Waals surface area (Å²) in [4.78, 5) is 26.6. The fourth-order valence-corrected chi connectivity index (χ4v) is 3.23. The van der Waals surface area contributed by atoms with E-state index in [0.29, 0.717) is 24.9 Å². The van der Waals surface area contributed by atoms with Crippen LogP contribution in [-0.2, 0) is 18.3 Å². The van der Waals surface area contributed by atoms with E-state index in [0.717, 1.165) is 25.1 Å². The van der Waals surface area contributed by atoms with Crippen molar-refractivity contribution < 1.29 is 9.59 Å². The molecule has 0 radical (unpaired) electrons. The van der Waals surface area contributed by atoms with Crippen LogP contribution in [0.3, 0.4) is 0 Å². The van der Waals surface area contributed by atoms with Gasteiger partial charge in [-0.2, -0.15) is 5.10 Å². The molecule has 1 N–H and O–H groups in total. The Morgan fingerprint density at radius 3 is 2.76 bits per heavy atom. The molecule has 0 bridgehead atoms. The van der Waals surface area contributed by atoms with Crippen molar-refractivity contribution in [2.24, 2.45) is 7.05 Å². The lowest BCUT2D eigenvalue weighted by Gasteiger charge is -2.33. The molecule has 1 aromatic heterocycles. The molecule has 132 valence electrons. The summed E-state index contributed by atoms with van der Waals surface area (Å²) in [5.74, 6) is 0.0645. The van der Waals surface area contributed by atoms with Crippen LogP contribution in [0.1, 0.15) is 35.3 Å². The second kappa shape index (κ2) is 7.96. The molecule has 0 aliphatic carbocycles. The monoisotopic (exact) mass is 340 g/mol. The van der Waals surface area contributed by atoms with E-state index in [-0.39, 0.29) is 17.9 Å². The number of hydrogen-bond acceptors (Lipinski definition) is 3. The molecule has 6 nitrogen and oxygen atoms in total. The summed E-state index contributed by atoms with van der Waals surface area (Å²) >= 11 is 0. The molecule has 25 heavy (non-hydrogen) atoms. The molecule has 1 saturated heterocycles. The van der Waals surface area contributed by atoms with Gasteiger partial charge in [-0.05, 0) is 37.5 Å². The number of aromatic nitrogens is 2. The number of carbonyl (C=O) groups is 2. The summed E-state index contributed by atoms with van der Waals surface area (Å²) in [5.41, 5.74) is 1.74. The van der Waals surface area contributed by atoms with Gasteiger partial charge in [-0.3, -0.25) is 14.3 Å². The number of piperidine rings is 1. The molecule has 1 aromatic carbocycles. The van der Waals surface area contributed by atoms with Crippen LogP contribution in [0, 0.1) is 0 Å². The number of rotatable bonds is 5. The first kappa shape index (κ1) is 17.2. The van der Waals surface area contributed by atoms with E-state index in [4.69, 9.17) is 0 Å². The van der Waals surface area contributed by atoms with Gasteiger partial charge in [-0.15, -0.1) is 0 Å². The number of aryl methyl sites for hydroxylation is 2. The van der Waals surface area contributed by atoms with E-state index in [9.17, 15) is 9.59 Å². The smallest absolute Gasteiger partial charge is 0.253 e. The predicted molar refractivity (Wildman–Crippen MR) is 95.0 cm³/mol. The Morgan fingerprint density at radius 1 is 1.24 bits per heavy atom. The molecule has 2 amide bonds. The highest BCUT2D eigenvalue weighted by molar-refractivity contribution is 5.94. The fraction of sp³-hybridized carbons (Fsp3) is 0.421. The van der Waals surface area contributed by atoms with Gasteiger partial charge in [0.2, 0.25) is 5.91 Å². The molecule has 1 aliphatic heterocycles. The highest BCUT2D eigenvalue weighted by atomic mass is 16.2. The van der Waals surface area contributed by atoms with Gasteiger partial charge in [-0.25, -0.2) is 0 Å². The van der Waals surface area contributed by atoms with Crippen LogP contribution in [-0.4, -0.2) is 45.6 Å². The van der Waals surface area contributed by atoms with Gasteiger partial charge in [0.05, 0.1) is 0 Å². The predicted octanol–water partition coefficient (Wildman–Crippen LogP) is 1.77. The van der Waals surface area contributed by atoms with Crippen LogP contribution in [0.15, 0.2) is 42.6 Å². The van der Waals surface area contributed by atoms with Gasteiger partial charge in [0.1, 0.15) is 0 Å². The van der Waals surface area contributed by atoms with E-state index in [1.807, 2.05) is 48.3 Å². The van der Waals surface area contributed by atoms with E-state index < -0.39 is 0 Å². The standard InChI is InChI=1S/C19H24N4O2/c1-22-17(11-12-20-22)9-10-18(24)21-16-8-5-13-23(14-16)19(25)15-6-3-2-4-7-15/h2-4,6-7,11-12,16H,5,8-10,13-14H2,1H3,(H,21,24)/t16-/m1/s1. The third kappa shape index (κ3) is 4.47. The molecule has 0 saturated carbocycles. The van der Waals surface area contributed by atoms with E-state index >= 15 is 0 Å². The Balaban J connectivity index is 1.50. The third-order valence-corrected chi connectivity index (χ3v) is 4.63. The van der Waals surface area contributed by atoms with Crippen LogP contribution in [0.25, 0.3) is 0 Å². The average Bonchev–Trinajstić information content (AvgIpc) is 3.05. The highest BCUT2D eigenvalue weighted by Crippen LogP contribution is 2.14. The first-order valence-corrected chi connectivity index (χ1v) is 8.74. The van der Waals surface area contributed by atoms with Crippen molar-refractivity contribution in [3.05, 3.63) is 53.9 Å². The maximum absolute atomic E-state index is 12.6. The highest BCUT2D eigenvalue weighted by Gasteiger charge is 2.25. The summed E-state index contributed by atoms with van der Waals surface area (Å²) in [6, 6.07) is 11.3. The lowest BCUT2D eigenvalue weighted by atomic mass is 10.0. The van der Waals surface area contributed by atoms with Gasteiger partial charge < -0.3 is 10.2 Å². The van der Waals surface area contributed by atoms with Gasteiger partial charge in [0, 0.05) is 50.1 Å². The van der Waals surface area contributed by atoms with Crippen LogP contribution in [0.2, 0.25) is 0 Å². The molecule has 2 aromatic rings. The zero-order valence-corrected chi connectivity index (χ0v) is 14.5. The first-order valence-electron chi connectivity index (χ1n) is 8.74. The number of carbonyl (C=O) groups excluding carboxylic acids is 2. The van der Waals surface area contributed by atoms with Gasteiger partial charge in [-0.1, -0.05) is 18.2 Å². The average molecular weight is 340 g/mol.